The van der Waals surface area contributed by atoms with Crippen LogP contribution in [-0.2, 0) is 12.8 Å². The van der Waals surface area contributed by atoms with E-state index in [1.54, 1.807) is 0 Å². The van der Waals surface area contributed by atoms with E-state index >= 15 is 0 Å². The minimum Gasteiger partial charge on any atom is -0.384 e. The molecule has 4 rings (SSSR count). The maximum Gasteiger partial charge on any atom is 0.157 e. The predicted molar refractivity (Wildman–Crippen MR) is 113 cm³/mol. The summed E-state index contributed by atoms with van der Waals surface area (Å²) in [5.74, 6) is 1.47. The van der Waals surface area contributed by atoms with Crippen LogP contribution in [0, 0.1) is 10.5 Å². The normalized spacial score (nSPS) is 11.2. The lowest BCUT2D eigenvalue weighted by Crippen LogP contribution is -2.00. The van der Waals surface area contributed by atoms with Crippen molar-refractivity contribution in [1.82, 2.24) is 19.9 Å². The molecule has 3 aromatic heterocycles. The number of H-pyrrole nitrogens is 1. The molecule has 0 spiro atoms. The summed E-state index contributed by atoms with van der Waals surface area (Å²) in [4.78, 5) is 16.9. The number of nitrogen functional groups attached to an aromatic ring is 1. The van der Waals surface area contributed by atoms with Crippen LogP contribution in [0.4, 0.5) is 5.82 Å². The van der Waals surface area contributed by atoms with E-state index in [9.17, 15) is 0 Å². The molecule has 0 bridgehead atoms. The number of aryl methyl sites for hydroxylation is 3. The van der Waals surface area contributed by atoms with Crippen molar-refractivity contribution in [3.8, 4) is 11.1 Å². The monoisotopic (exact) mass is 455 g/mol. The number of hydrogen-bond donors (Lipinski definition) is 2. The van der Waals surface area contributed by atoms with Crippen LogP contribution < -0.4 is 5.73 Å². The number of nitrogens with two attached hydrogens (primary N) is 1. The molecule has 0 aliphatic carbocycles. The van der Waals surface area contributed by atoms with Crippen molar-refractivity contribution in [3.05, 3.63) is 69.3 Å². The predicted octanol–water partition coefficient (Wildman–Crippen LogP) is 4.30. The third-order valence-electron chi connectivity index (χ3n) is 4.22. The van der Waals surface area contributed by atoms with Gasteiger partial charge in [0.05, 0.1) is 0 Å². The molecule has 3 heterocycles. The van der Waals surface area contributed by atoms with Crippen molar-refractivity contribution in [1.29, 1.82) is 0 Å². The minimum atomic E-state index is 0.563. The van der Waals surface area contributed by atoms with Gasteiger partial charge in [-0.15, -0.1) is 0 Å². The number of anilines is 1. The molecule has 3 N–H and O–H groups in total. The zero-order chi connectivity index (χ0) is 18.1. The summed E-state index contributed by atoms with van der Waals surface area (Å²) >= 11 is 2.31. The van der Waals surface area contributed by atoms with Gasteiger partial charge in [-0.25, -0.2) is 15.0 Å². The van der Waals surface area contributed by atoms with Gasteiger partial charge in [-0.1, -0.05) is 12.1 Å². The van der Waals surface area contributed by atoms with E-state index in [2.05, 4.69) is 73.9 Å². The van der Waals surface area contributed by atoms with E-state index < -0.39 is 0 Å². The van der Waals surface area contributed by atoms with Gasteiger partial charge in [-0.2, -0.15) is 0 Å². The van der Waals surface area contributed by atoms with Gasteiger partial charge in [0, 0.05) is 27.4 Å². The molecule has 0 saturated carbocycles. The summed E-state index contributed by atoms with van der Waals surface area (Å²) in [5.41, 5.74) is 11.8. The lowest BCUT2D eigenvalue weighted by molar-refractivity contribution is 0.860. The zero-order valence-electron chi connectivity index (χ0n) is 14.3. The lowest BCUT2D eigenvalue weighted by Gasteiger charge is -2.02. The molecule has 0 fully saturated rings. The average Bonchev–Trinajstić information content (AvgIpc) is 3.02. The van der Waals surface area contributed by atoms with E-state index in [1.165, 1.54) is 3.57 Å². The zero-order valence-corrected chi connectivity index (χ0v) is 16.5. The first-order chi connectivity index (χ1) is 12.6. The maximum absolute atomic E-state index is 5.83. The number of benzene rings is 1. The highest BCUT2D eigenvalue weighted by atomic mass is 127. The Labute approximate surface area is 165 Å². The van der Waals surface area contributed by atoms with Gasteiger partial charge < -0.3 is 10.7 Å². The van der Waals surface area contributed by atoms with E-state index in [4.69, 9.17) is 10.7 Å². The number of nitrogens with one attached hydrogen (secondary N) is 1. The molecular formula is C20H18IN5. The molecule has 5 nitrogen and oxygen atoms in total. The number of imidazole rings is 1. The van der Waals surface area contributed by atoms with E-state index in [-0.39, 0.29) is 0 Å². The molecule has 26 heavy (non-hydrogen) atoms. The second-order valence-electron chi connectivity index (χ2n) is 6.34. The van der Waals surface area contributed by atoms with Crippen LogP contribution in [-0.4, -0.2) is 19.9 Å². The molecule has 0 radical (unpaired) electrons. The van der Waals surface area contributed by atoms with Crippen LogP contribution in [0.25, 0.3) is 22.3 Å². The van der Waals surface area contributed by atoms with Crippen LogP contribution in [0.2, 0.25) is 0 Å². The maximum atomic E-state index is 5.83. The molecule has 0 amide bonds. The number of aromatic nitrogens is 4. The fraction of sp³-hybridized carbons (Fsp3) is 0.150. The van der Waals surface area contributed by atoms with Crippen molar-refractivity contribution in [2.24, 2.45) is 0 Å². The molecule has 0 unspecified atom stereocenters. The molecule has 4 aromatic rings. The van der Waals surface area contributed by atoms with Gasteiger partial charge in [-0.05, 0) is 77.4 Å². The fourth-order valence-corrected chi connectivity index (χ4v) is 3.37. The Balaban J connectivity index is 1.56. The Morgan fingerprint density at radius 3 is 2.58 bits per heavy atom. The average molecular weight is 455 g/mol. The number of aromatic amines is 1. The van der Waals surface area contributed by atoms with Gasteiger partial charge in [0.1, 0.15) is 17.2 Å². The van der Waals surface area contributed by atoms with Gasteiger partial charge in [0.2, 0.25) is 0 Å². The van der Waals surface area contributed by atoms with Gasteiger partial charge >= 0.3 is 0 Å². The number of nitrogens with zero attached hydrogens (tertiary/aromatic N) is 3. The first-order valence-electron chi connectivity index (χ1n) is 8.40. The largest absolute Gasteiger partial charge is 0.384 e. The summed E-state index contributed by atoms with van der Waals surface area (Å²) in [6, 6.07) is 14.4. The molecule has 0 aliphatic rings. The first kappa shape index (κ1) is 17.0. The number of halogens is 1. The van der Waals surface area contributed by atoms with Crippen molar-refractivity contribution in [2.45, 2.75) is 19.8 Å². The minimum absolute atomic E-state index is 0.563. The molecule has 0 atom stereocenters. The molecule has 6 heteroatoms. The van der Waals surface area contributed by atoms with E-state index in [0.717, 1.165) is 52.2 Å². The number of rotatable bonds is 4. The Bertz CT molecular complexity index is 1050. The summed E-state index contributed by atoms with van der Waals surface area (Å²) in [7, 11) is 0. The standard InChI is InChI=1S/C20H18IN5/c1-12-8-16(24-18(22)9-12)6-7-19-25-17-10-14(11-23-20(17)26-19)13-2-4-15(21)5-3-13/h2-5,8-11H,6-7H2,1H3,(H2,22,24)(H,23,25,26). The Morgan fingerprint density at radius 1 is 1.00 bits per heavy atom. The fourth-order valence-electron chi connectivity index (χ4n) is 3.01. The third kappa shape index (κ3) is 3.70. The van der Waals surface area contributed by atoms with Crippen LogP contribution in [0.1, 0.15) is 17.1 Å². The van der Waals surface area contributed by atoms with Crippen LogP contribution >= 0.6 is 22.6 Å². The second kappa shape index (κ2) is 7.03. The highest BCUT2D eigenvalue weighted by Crippen LogP contribution is 2.23. The van der Waals surface area contributed by atoms with Gasteiger partial charge in [-0.3, -0.25) is 0 Å². The van der Waals surface area contributed by atoms with Gasteiger partial charge in [0.25, 0.3) is 0 Å². The summed E-state index contributed by atoms with van der Waals surface area (Å²) in [6.07, 6.45) is 3.44. The van der Waals surface area contributed by atoms with E-state index in [0.29, 0.717) is 5.82 Å². The topological polar surface area (TPSA) is 80.5 Å². The number of hydrogen-bond acceptors (Lipinski definition) is 4. The Morgan fingerprint density at radius 2 is 1.81 bits per heavy atom. The second-order valence-corrected chi connectivity index (χ2v) is 7.59. The Kier molecular flexibility index (Phi) is 4.58. The van der Waals surface area contributed by atoms with Crippen LogP contribution in [0.15, 0.2) is 48.7 Å². The first-order valence-corrected chi connectivity index (χ1v) is 9.48. The summed E-state index contributed by atoms with van der Waals surface area (Å²) in [5, 5.41) is 0. The quantitative estimate of drug-likeness (QED) is 0.450. The molecule has 1 aromatic carbocycles. The van der Waals surface area contributed by atoms with Crippen LogP contribution in [0.3, 0.4) is 0 Å². The molecule has 130 valence electrons. The van der Waals surface area contributed by atoms with Crippen molar-refractivity contribution >= 4 is 39.6 Å². The number of fused-ring (bicyclic) bond motifs is 1. The summed E-state index contributed by atoms with van der Waals surface area (Å²) in [6.45, 7) is 2.03. The SMILES string of the molecule is Cc1cc(N)nc(CCc2nc3cc(-c4ccc(I)cc4)cnc3[nH]2)c1. The van der Waals surface area contributed by atoms with Crippen molar-refractivity contribution in [2.75, 3.05) is 5.73 Å². The van der Waals surface area contributed by atoms with Crippen LogP contribution in [0.5, 0.6) is 0 Å². The highest BCUT2D eigenvalue weighted by Gasteiger charge is 2.08. The lowest BCUT2D eigenvalue weighted by atomic mass is 10.1. The smallest absolute Gasteiger partial charge is 0.157 e. The summed E-state index contributed by atoms with van der Waals surface area (Å²) < 4.78 is 1.22. The number of pyridine rings is 2. The third-order valence-corrected chi connectivity index (χ3v) is 4.94. The van der Waals surface area contributed by atoms with Gasteiger partial charge in [0.15, 0.2) is 5.65 Å². The molecule has 0 aliphatic heterocycles. The van der Waals surface area contributed by atoms with Crippen molar-refractivity contribution < 1.29 is 0 Å². The Hall–Kier alpha value is -2.48. The highest BCUT2D eigenvalue weighted by molar-refractivity contribution is 14.1. The van der Waals surface area contributed by atoms with Crippen molar-refractivity contribution in [3.63, 3.8) is 0 Å². The van der Waals surface area contributed by atoms with E-state index in [1.807, 2.05) is 19.2 Å². The molecule has 0 saturated heterocycles. The molecular weight excluding hydrogens is 437 g/mol.